The van der Waals surface area contributed by atoms with Crippen molar-refractivity contribution in [1.29, 1.82) is 0 Å². The van der Waals surface area contributed by atoms with Gasteiger partial charge >= 0.3 is 12.1 Å². The van der Waals surface area contributed by atoms with Crippen LogP contribution in [-0.4, -0.2) is 52.7 Å². The topological polar surface area (TPSA) is 136 Å². The van der Waals surface area contributed by atoms with Crippen LogP contribution in [0.15, 0.2) is 47.4 Å². The molecular formula is C25H29F3N2O8S2. The average Bonchev–Trinajstić information content (AvgIpc) is 2.81. The van der Waals surface area contributed by atoms with Gasteiger partial charge in [-0.25, -0.2) is 16.8 Å². The first-order chi connectivity index (χ1) is 18.3. The van der Waals surface area contributed by atoms with E-state index >= 15 is 0 Å². The average molecular weight is 607 g/mol. The number of hydrogen-bond donors (Lipinski definition) is 1. The number of rotatable bonds is 8. The van der Waals surface area contributed by atoms with Gasteiger partial charge in [0.25, 0.3) is 10.0 Å². The van der Waals surface area contributed by atoms with Crippen molar-refractivity contribution in [3.05, 3.63) is 53.6 Å². The van der Waals surface area contributed by atoms with E-state index in [4.69, 9.17) is 9.47 Å². The van der Waals surface area contributed by atoms with Crippen molar-refractivity contribution in [1.82, 2.24) is 4.72 Å². The van der Waals surface area contributed by atoms with E-state index in [0.29, 0.717) is 11.6 Å². The number of ether oxygens (including phenoxy) is 2. The fourth-order valence-electron chi connectivity index (χ4n) is 3.80. The highest BCUT2D eigenvalue weighted by atomic mass is 32.2. The van der Waals surface area contributed by atoms with Gasteiger partial charge < -0.3 is 9.47 Å². The van der Waals surface area contributed by atoms with Gasteiger partial charge in [0.1, 0.15) is 17.5 Å². The van der Waals surface area contributed by atoms with Crippen LogP contribution in [0.4, 0.5) is 18.9 Å². The second-order valence-electron chi connectivity index (χ2n) is 10.00. The third-order valence-corrected chi connectivity index (χ3v) is 8.61. The molecular weight excluding hydrogens is 577 g/mol. The number of halogens is 3. The maximum absolute atomic E-state index is 13.7. The summed E-state index contributed by atoms with van der Waals surface area (Å²) >= 11 is 0. The highest BCUT2D eigenvalue weighted by Gasteiger charge is 2.38. The van der Waals surface area contributed by atoms with E-state index in [9.17, 15) is 39.6 Å². The van der Waals surface area contributed by atoms with Gasteiger partial charge in [-0.05, 0) is 63.6 Å². The molecule has 1 aliphatic rings. The molecule has 15 heteroatoms. The first kappa shape index (κ1) is 31.2. The molecule has 0 radical (unpaired) electrons. The Morgan fingerprint density at radius 1 is 1.07 bits per heavy atom. The molecule has 1 N–H and O–H groups in total. The lowest BCUT2D eigenvalue weighted by molar-refractivity contribution is -0.154. The quantitative estimate of drug-likeness (QED) is 0.452. The standard InChI is InChI=1S/C25H29F3N2O8S2/c1-5-39(33,34)29-22(31)14-18-15-30(40(35,36)19-8-6-7-17(13-19)25(26,27)28)20-11-16(9-10-21(20)37-18)12-23(32)38-24(2,3)4/h6-11,13,18H,5,12,14-15H2,1-4H3,(H,29,31)/t18-/m0/s1. The Bertz CT molecular complexity index is 1500. The minimum absolute atomic E-state index is 0.0362. The molecule has 0 saturated carbocycles. The number of amides is 1. The second kappa shape index (κ2) is 11.3. The van der Waals surface area contributed by atoms with Gasteiger partial charge in [-0.15, -0.1) is 0 Å². The molecule has 0 spiro atoms. The maximum atomic E-state index is 13.7. The molecule has 1 amide bonds. The summed E-state index contributed by atoms with van der Waals surface area (Å²) in [6.07, 6.45) is -6.78. The molecule has 1 atom stereocenters. The largest absolute Gasteiger partial charge is 0.486 e. The highest BCUT2D eigenvalue weighted by molar-refractivity contribution is 7.92. The van der Waals surface area contributed by atoms with E-state index in [0.717, 1.165) is 22.5 Å². The minimum Gasteiger partial charge on any atom is -0.486 e. The molecule has 3 rings (SSSR count). The smallest absolute Gasteiger partial charge is 0.416 e. The molecule has 2 aromatic carbocycles. The number of carbonyl (C=O) groups excluding carboxylic acids is 2. The van der Waals surface area contributed by atoms with Crippen LogP contribution >= 0.6 is 0 Å². The van der Waals surface area contributed by atoms with Crippen molar-refractivity contribution in [2.24, 2.45) is 0 Å². The normalized spacial score (nSPS) is 16.1. The first-order valence-corrected chi connectivity index (χ1v) is 15.1. The van der Waals surface area contributed by atoms with Crippen molar-refractivity contribution >= 4 is 37.6 Å². The third kappa shape index (κ3) is 7.87. The maximum Gasteiger partial charge on any atom is 0.416 e. The number of esters is 1. The van der Waals surface area contributed by atoms with Crippen molar-refractivity contribution in [3.8, 4) is 5.75 Å². The number of benzene rings is 2. The lowest BCUT2D eigenvalue weighted by Crippen LogP contribution is -2.46. The molecule has 40 heavy (non-hydrogen) atoms. The first-order valence-electron chi connectivity index (χ1n) is 12.1. The van der Waals surface area contributed by atoms with E-state index in [1.807, 2.05) is 4.72 Å². The number of nitrogens with zero attached hydrogens (tertiary/aromatic N) is 1. The molecule has 0 aromatic heterocycles. The monoisotopic (exact) mass is 606 g/mol. The Balaban J connectivity index is 2.03. The number of anilines is 1. The number of sulfonamides is 2. The number of carbonyl (C=O) groups is 2. The summed E-state index contributed by atoms with van der Waals surface area (Å²) in [6, 6.07) is 7.34. The van der Waals surface area contributed by atoms with Crippen LogP contribution in [-0.2, 0) is 47.0 Å². The summed E-state index contributed by atoms with van der Waals surface area (Å²) in [7, 11) is -8.55. The highest BCUT2D eigenvalue weighted by Crippen LogP contribution is 2.39. The molecule has 2 aromatic rings. The number of fused-ring (bicyclic) bond motifs is 1. The van der Waals surface area contributed by atoms with E-state index in [2.05, 4.69) is 0 Å². The van der Waals surface area contributed by atoms with E-state index in [-0.39, 0.29) is 23.6 Å². The summed E-state index contributed by atoms with van der Waals surface area (Å²) in [6.45, 7) is 5.83. The predicted octanol–water partition coefficient (Wildman–Crippen LogP) is 3.40. The molecule has 0 fully saturated rings. The lowest BCUT2D eigenvalue weighted by atomic mass is 10.1. The lowest BCUT2D eigenvalue weighted by Gasteiger charge is -2.35. The Morgan fingerprint density at radius 2 is 1.75 bits per heavy atom. The zero-order chi connectivity index (χ0) is 30.1. The summed E-state index contributed by atoms with van der Waals surface area (Å²) in [5.41, 5.74) is -1.68. The van der Waals surface area contributed by atoms with Crippen LogP contribution in [0.1, 0.15) is 45.2 Å². The van der Waals surface area contributed by atoms with Crippen LogP contribution in [0.25, 0.3) is 0 Å². The number of hydrogen-bond acceptors (Lipinski definition) is 8. The third-order valence-electron chi connectivity index (χ3n) is 5.54. The fourth-order valence-corrected chi connectivity index (χ4v) is 5.92. The van der Waals surface area contributed by atoms with Crippen LogP contribution in [0.5, 0.6) is 5.75 Å². The SMILES string of the molecule is CCS(=O)(=O)NC(=O)C[C@H]1CN(S(=O)(=O)c2cccc(C(F)(F)F)c2)c2cc(CC(=O)OC(C)(C)C)ccc2O1. The molecule has 1 aliphatic heterocycles. The van der Waals surface area contributed by atoms with Crippen molar-refractivity contribution < 1.29 is 49.1 Å². The van der Waals surface area contributed by atoms with Gasteiger partial charge in [0.2, 0.25) is 15.9 Å². The molecule has 10 nitrogen and oxygen atoms in total. The van der Waals surface area contributed by atoms with Crippen LogP contribution in [0.2, 0.25) is 0 Å². The molecule has 0 bridgehead atoms. The molecule has 220 valence electrons. The van der Waals surface area contributed by atoms with E-state index in [1.54, 1.807) is 20.8 Å². The predicted molar refractivity (Wildman–Crippen MR) is 139 cm³/mol. The van der Waals surface area contributed by atoms with Crippen molar-refractivity contribution in [3.63, 3.8) is 0 Å². The zero-order valence-electron chi connectivity index (χ0n) is 22.1. The van der Waals surface area contributed by atoms with Gasteiger partial charge in [0.15, 0.2) is 0 Å². The van der Waals surface area contributed by atoms with Crippen molar-refractivity contribution in [2.45, 2.75) is 63.3 Å². The van der Waals surface area contributed by atoms with Crippen LogP contribution in [0, 0.1) is 0 Å². The summed E-state index contributed by atoms with van der Waals surface area (Å²) < 4.78 is 105. The van der Waals surface area contributed by atoms with Crippen LogP contribution < -0.4 is 13.8 Å². The Hall–Kier alpha value is -3.33. The molecule has 0 saturated heterocycles. The molecule has 0 aliphatic carbocycles. The summed E-state index contributed by atoms with van der Waals surface area (Å²) in [4.78, 5) is 24.0. The van der Waals surface area contributed by atoms with E-state index in [1.165, 1.54) is 25.1 Å². The Kier molecular flexibility index (Phi) is 8.79. The Labute approximate surface area is 230 Å². The number of alkyl halides is 3. The van der Waals surface area contributed by atoms with Gasteiger partial charge in [0, 0.05) is 0 Å². The van der Waals surface area contributed by atoms with Gasteiger partial charge in [-0.1, -0.05) is 12.1 Å². The van der Waals surface area contributed by atoms with Gasteiger partial charge in [-0.3, -0.25) is 18.6 Å². The summed E-state index contributed by atoms with van der Waals surface area (Å²) in [5.74, 6) is -1.95. The van der Waals surface area contributed by atoms with Gasteiger partial charge in [-0.2, -0.15) is 13.2 Å². The van der Waals surface area contributed by atoms with Crippen molar-refractivity contribution in [2.75, 3.05) is 16.6 Å². The summed E-state index contributed by atoms with van der Waals surface area (Å²) in [5, 5.41) is 0. The van der Waals surface area contributed by atoms with Gasteiger partial charge in [0.05, 0.1) is 41.3 Å². The Morgan fingerprint density at radius 3 is 2.35 bits per heavy atom. The minimum atomic E-state index is -4.81. The van der Waals surface area contributed by atoms with Crippen LogP contribution in [0.3, 0.4) is 0 Å². The van der Waals surface area contributed by atoms with E-state index < -0.39 is 73.2 Å². The molecule has 0 unspecified atom stereocenters. The second-order valence-corrected chi connectivity index (χ2v) is 13.9. The zero-order valence-corrected chi connectivity index (χ0v) is 23.7. The fraction of sp³-hybridized carbons (Fsp3) is 0.440. The molecule has 1 heterocycles. The number of nitrogens with one attached hydrogen (secondary N) is 1.